The van der Waals surface area contributed by atoms with Gasteiger partial charge in [-0.15, -0.1) is 0 Å². The van der Waals surface area contributed by atoms with E-state index in [0.717, 1.165) is 11.3 Å². The van der Waals surface area contributed by atoms with E-state index in [1.807, 2.05) is 30.8 Å². The van der Waals surface area contributed by atoms with Crippen LogP contribution >= 0.6 is 0 Å². The van der Waals surface area contributed by atoms with E-state index in [-0.39, 0.29) is 0 Å². The molecule has 0 atom stereocenters. The van der Waals surface area contributed by atoms with Crippen molar-refractivity contribution in [3.8, 4) is 0 Å². The molecule has 0 saturated carbocycles. The second-order valence-corrected chi connectivity index (χ2v) is 3.54. The van der Waals surface area contributed by atoms with Crippen molar-refractivity contribution in [2.75, 3.05) is 0 Å². The third-order valence-corrected chi connectivity index (χ3v) is 2.55. The second kappa shape index (κ2) is 4.78. The molecule has 0 bridgehead atoms. The second-order valence-electron chi connectivity index (χ2n) is 3.54. The molecule has 0 radical (unpaired) electrons. The molecule has 0 N–H and O–H groups in total. The van der Waals surface area contributed by atoms with Gasteiger partial charge in [0.15, 0.2) is 0 Å². The lowest BCUT2D eigenvalue weighted by molar-refractivity contribution is 0.736. The Morgan fingerprint density at radius 2 is 2.07 bits per heavy atom. The van der Waals surface area contributed by atoms with E-state index >= 15 is 0 Å². The number of nitrogens with zero attached hydrogens (tertiary/aromatic N) is 2. The van der Waals surface area contributed by atoms with Gasteiger partial charge in [0.2, 0.25) is 0 Å². The molecule has 80 valence electrons. The summed E-state index contributed by atoms with van der Waals surface area (Å²) < 4.78 is 1.91. The van der Waals surface area contributed by atoms with Crippen LogP contribution in [0.25, 0.3) is 5.57 Å². The Balaban J connectivity index is 3.29. The van der Waals surface area contributed by atoms with Crippen LogP contribution in [0, 0.1) is 13.8 Å². The molecule has 0 aliphatic carbocycles. The molecule has 0 saturated heterocycles. The summed E-state index contributed by atoms with van der Waals surface area (Å²) in [5.41, 5.74) is 4.56. The summed E-state index contributed by atoms with van der Waals surface area (Å²) in [5.74, 6) is 0. The minimum Gasteiger partial charge on any atom is -0.272 e. The predicted octanol–water partition coefficient (Wildman–Crippen LogP) is 3.18. The molecule has 0 unspecified atom stereocenters. The molecule has 1 aromatic heterocycles. The number of allylic oxidation sites excluding steroid dienone is 5. The van der Waals surface area contributed by atoms with E-state index in [0.29, 0.717) is 0 Å². The van der Waals surface area contributed by atoms with E-state index in [9.17, 15) is 0 Å². The molecular formula is C13H18N2. The molecule has 0 aromatic carbocycles. The average molecular weight is 202 g/mol. The van der Waals surface area contributed by atoms with Gasteiger partial charge in [0.05, 0.1) is 5.69 Å². The number of hydrogen-bond acceptors (Lipinski definition) is 1. The Kier molecular flexibility index (Phi) is 3.67. The van der Waals surface area contributed by atoms with Crippen molar-refractivity contribution in [3.05, 3.63) is 47.8 Å². The van der Waals surface area contributed by atoms with Gasteiger partial charge < -0.3 is 0 Å². The molecule has 1 heterocycles. The normalized spacial score (nSPS) is 12.4. The maximum absolute atomic E-state index is 4.50. The third kappa shape index (κ3) is 2.27. The standard InChI is InChI=1S/C13H18N2/c1-6-8-12(9-7-2)13-10(3)11(4)15(5)14-13/h6-9H,1H2,2-5H3/b9-7-,12-8+. The van der Waals surface area contributed by atoms with Crippen LogP contribution in [0.2, 0.25) is 0 Å². The first-order valence-electron chi connectivity index (χ1n) is 5.07. The number of aromatic nitrogens is 2. The SMILES string of the molecule is C=C/C=C(\C=C/C)c1nn(C)c(C)c1C. The van der Waals surface area contributed by atoms with Crippen molar-refractivity contribution >= 4 is 5.57 Å². The van der Waals surface area contributed by atoms with Gasteiger partial charge in [0.25, 0.3) is 0 Å². The zero-order chi connectivity index (χ0) is 11.4. The van der Waals surface area contributed by atoms with Gasteiger partial charge in [-0.25, -0.2) is 0 Å². The van der Waals surface area contributed by atoms with Crippen LogP contribution in [0.1, 0.15) is 23.9 Å². The molecule has 2 heteroatoms. The first-order valence-corrected chi connectivity index (χ1v) is 5.07. The lowest BCUT2D eigenvalue weighted by atomic mass is 10.1. The van der Waals surface area contributed by atoms with Crippen molar-refractivity contribution < 1.29 is 0 Å². The Hall–Kier alpha value is -1.57. The Morgan fingerprint density at radius 1 is 1.40 bits per heavy atom. The zero-order valence-electron chi connectivity index (χ0n) is 9.91. The summed E-state index contributed by atoms with van der Waals surface area (Å²) in [7, 11) is 1.97. The quantitative estimate of drug-likeness (QED) is 0.688. The summed E-state index contributed by atoms with van der Waals surface area (Å²) in [4.78, 5) is 0. The van der Waals surface area contributed by atoms with E-state index in [1.165, 1.54) is 11.3 Å². The highest BCUT2D eigenvalue weighted by Crippen LogP contribution is 2.21. The topological polar surface area (TPSA) is 17.8 Å². The summed E-state index contributed by atoms with van der Waals surface area (Å²) in [6.45, 7) is 9.90. The van der Waals surface area contributed by atoms with E-state index < -0.39 is 0 Å². The van der Waals surface area contributed by atoms with Gasteiger partial charge in [-0.05, 0) is 26.3 Å². The minimum absolute atomic E-state index is 1.04. The maximum atomic E-state index is 4.50. The first-order chi connectivity index (χ1) is 7.11. The van der Waals surface area contributed by atoms with Crippen LogP contribution in [-0.4, -0.2) is 9.78 Å². The van der Waals surface area contributed by atoms with E-state index in [4.69, 9.17) is 0 Å². The molecule has 1 rings (SSSR count). The lowest BCUT2D eigenvalue weighted by Gasteiger charge is -1.98. The lowest BCUT2D eigenvalue weighted by Crippen LogP contribution is -1.93. The number of aryl methyl sites for hydroxylation is 1. The Bertz CT molecular complexity index is 420. The van der Waals surface area contributed by atoms with Gasteiger partial charge in [-0.1, -0.05) is 30.9 Å². The van der Waals surface area contributed by atoms with Crippen molar-refractivity contribution in [1.82, 2.24) is 9.78 Å². The van der Waals surface area contributed by atoms with Gasteiger partial charge in [-0.2, -0.15) is 5.10 Å². The fraction of sp³-hybridized carbons (Fsp3) is 0.308. The van der Waals surface area contributed by atoms with Crippen LogP contribution in [0.4, 0.5) is 0 Å². The molecular weight excluding hydrogens is 184 g/mol. The smallest absolute Gasteiger partial charge is 0.0954 e. The van der Waals surface area contributed by atoms with Crippen molar-refractivity contribution in [1.29, 1.82) is 0 Å². The van der Waals surface area contributed by atoms with Crippen LogP contribution in [0.3, 0.4) is 0 Å². The zero-order valence-corrected chi connectivity index (χ0v) is 9.91. The first kappa shape index (κ1) is 11.5. The summed E-state index contributed by atoms with van der Waals surface area (Å²) >= 11 is 0. The average Bonchev–Trinajstić information content (AvgIpc) is 2.46. The highest BCUT2D eigenvalue weighted by molar-refractivity contribution is 5.74. The van der Waals surface area contributed by atoms with E-state index in [1.54, 1.807) is 6.08 Å². The molecule has 0 fully saturated rings. The largest absolute Gasteiger partial charge is 0.272 e. The third-order valence-electron chi connectivity index (χ3n) is 2.55. The maximum Gasteiger partial charge on any atom is 0.0954 e. The van der Waals surface area contributed by atoms with Crippen LogP contribution in [0.5, 0.6) is 0 Å². The molecule has 2 nitrogen and oxygen atoms in total. The van der Waals surface area contributed by atoms with Crippen molar-refractivity contribution in [2.24, 2.45) is 7.05 Å². The van der Waals surface area contributed by atoms with Crippen molar-refractivity contribution in [3.63, 3.8) is 0 Å². The van der Waals surface area contributed by atoms with Gasteiger partial charge in [0, 0.05) is 18.3 Å². The Morgan fingerprint density at radius 3 is 2.47 bits per heavy atom. The Labute approximate surface area is 91.6 Å². The molecule has 0 spiro atoms. The van der Waals surface area contributed by atoms with Crippen molar-refractivity contribution in [2.45, 2.75) is 20.8 Å². The fourth-order valence-electron chi connectivity index (χ4n) is 1.51. The number of hydrogen-bond donors (Lipinski definition) is 0. The van der Waals surface area contributed by atoms with Gasteiger partial charge in [-0.3, -0.25) is 4.68 Å². The van der Waals surface area contributed by atoms with Gasteiger partial charge in [0.1, 0.15) is 0 Å². The minimum atomic E-state index is 1.04. The molecule has 0 aliphatic rings. The monoisotopic (exact) mass is 202 g/mol. The number of rotatable bonds is 3. The highest BCUT2D eigenvalue weighted by Gasteiger charge is 2.10. The predicted molar refractivity (Wildman–Crippen MR) is 65.7 cm³/mol. The molecule has 15 heavy (non-hydrogen) atoms. The molecule has 0 amide bonds. The van der Waals surface area contributed by atoms with Crippen LogP contribution < -0.4 is 0 Å². The van der Waals surface area contributed by atoms with Crippen LogP contribution in [0.15, 0.2) is 30.9 Å². The summed E-state index contributed by atoms with van der Waals surface area (Å²) in [5, 5.41) is 4.50. The fourth-order valence-corrected chi connectivity index (χ4v) is 1.51. The summed E-state index contributed by atoms with van der Waals surface area (Å²) in [6, 6.07) is 0. The van der Waals surface area contributed by atoms with Gasteiger partial charge >= 0.3 is 0 Å². The highest BCUT2D eigenvalue weighted by atomic mass is 15.3. The summed E-state index contributed by atoms with van der Waals surface area (Å²) in [6.07, 6.45) is 7.84. The van der Waals surface area contributed by atoms with E-state index in [2.05, 4.69) is 31.6 Å². The molecule has 1 aromatic rings. The molecule has 0 aliphatic heterocycles. The van der Waals surface area contributed by atoms with Crippen LogP contribution in [-0.2, 0) is 7.05 Å².